The third-order valence-corrected chi connectivity index (χ3v) is 4.44. The molecule has 0 heterocycles. The fourth-order valence-electron chi connectivity index (χ4n) is 3.17. The van der Waals surface area contributed by atoms with E-state index in [1.54, 1.807) is 6.08 Å². The highest BCUT2D eigenvalue weighted by Gasteiger charge is 2.32. The van der Waals surface area contributed by atoms with E-state index in [9.17, 15) is 4.79 Å². The molecule has 1 saturated carbocycles. The highest BCUT2D eigenvalue weighted by atomic mass is 16.5. The molecular weight excluding hydrogens is 260 g/mol. The molecule has 0 radical (unpaired) electrons. The molecule has 2 heteroatoms. The van der Waals surface area contributed by atoms with Crippen LogP contribution in [0, 0.1) is 17.8 Å². The number of esters is 1. The SMILES string of the molecule is CC(C)[C@H]1CC[C@H](C)C[C@H]1OC(=O)/C=C/c1ccccc1. The summed E-state index contributed by atoms with van der Waals surface area (Å²) in [5.41, 5.74) is 1.02. The number of carbonyl (C=O) groups excluding carboxylic acids is 1. The number of ether oxygens (including phenoxy) is 1. The summed E-state index contributed by atoms with van der Waals surface area (Å²) in [5, 5.41) is 0. The van der Waals surface area contributed by atoms with Crippen molar-refractivity contribution in [1.29, 1.82) is 0 Å². The van der Waals surface area contributed by atoms with Crippen molar-refractivity contribution in [2.75, 3.05) is 0 Å². The van der Waals surface area contributed by atoms with E-state index in [0.717, 1.165) is 12.0 Å². The lowest BCUT2D eigenvalue weighted by Crippen LogP contribution is -2.35. The van der Waals surface area contributed by atoms with Crippen LogP contribution in [-0.2, 0) is 9.53 Å². The van der Waals surface area contributed by atoms with Crippen LogP contribution in [0.5, 0.6) is 0 Å². The lowest BCUT2D eigenvalue weighted by atomic mass is 9.75. The summed E-state index contributed by atoms with van der Waals surface area (Å²) in [4.78, 5) is 12.1. The molecule has 0 aliphatic heterocycles. The van der Waals surface area contributed by atoms with Gasteiger partial charge in [-0.2, -0.15) is 0 Å². The number of benzene rings is 1. The Morgan fingerprint density at radius 3 is 2.62 bits per heavy atom. The van der Waals surface area contributed by atoms with Crippen LogP contribution >= 0.6 is 0 Å². The number of carbonyl (C=O) groups is 1. The van der Waals surface area contributed by atoms with Crippen LogP contribution in [0.25, 0.3) is 6.08 Å². The van der Waals surface area contributed by atoms with Gasteiger partial charge in [0.15, 0.2) is 0 Å². The van der Waals surface area contributed by atoms with Gasteiger partial charge in [-0.1, -0.05) is 57.5 Å². The van der Waals surface area contributed by atoms with Crippen molar-refractivity contribution in [2.45, 2.75) is 46.1 Å². The monoisotopic (exact) mass is 286 g/mol. The first-order chi connectivity index (χ1) is 10.1. The molecule has 21 heavy (non-hydrogen) atoms. The van der Waals surface area contributed by atoms with Crippen LogP contribution < -0.4 is 0 Å². The normalized spacial score (nSPS) is 26.2. The van der Waals surface area contributed by atoms with E-state index in [-0.39, 0.29) is 12.1 Å². The van der Waals surface area contributed by atoms with Crippen LogP contribution in [0.15, 0.2) is 36.4 Å². The Balaban J connectivity index is 1.95. The summed E-state index contributed by atoms with van der Waals surface area (Å²) in [6.07, 6.45) is 6.84. The van der Waals surface area contributed by atoms with Crippen LogP contribution in [0.2, 0.25) is 0 Å². The average Bonchev–Trinajstić information content (AvgIpc) is 2.46. The van der Waals surface area contributed by atoms with Gasteiger partial charge in [-0.15, -0.1) is 0 Å². The maximum atomic E-state index is 12.1. The zero-order valence-electron chi connectivity index (χ0n) is 13.3. The molecule has 0 aromatic heterocycles. The largest absolute Gasteiger partial charge is 0.459 e. The van der Waals surface area contributed by atoms with Gasteiger partial charge in [0, 0.05) is 6.08 Å². The molecular formula is C19H26O2. The molecule has 0 bridgehead atoms. The van der Waals surface area contributed by atoms with Gasteiger partial charge in [-0.05, 0) is 42.2 Å². The van der Waals surface area contributed by atoms with Gasteiger partial charge in [0.1, 0.15) is 6.10 Å². The molecule has 0 spiro atoms. The molecule has 1 aliphatic carbocycles. The molecule has 0 saturated heterocycles. The Kier molecular flexibility index (Phi) is 5.60. The van der Waals surface area contributed by atoms with Crippen molar-refractivity contribution < 1.29 is 9.53 Å². The number of rotatable bonds is 4. The second-order valence-electron chi connectivity index (χ2n) is 6.55. The fourth-order valence-corrected chi connectivity index (χ4v) is 3.17. The molecule has 0 unspecified atom stereocenters. The molecule has 0 amide bonds. The van der Waals surface area contributed by atoms with E-state index in [0.29, 0.717) is 17.8 Å². The average molecular weight is 286 g/mol. The van der Waals surface area contributed by atoms with Crippen molar-refractivity contribution in [1.82, 2.24) is 0 Å². The van der Waals surface area contributed by atoms with Crippen molar-refractivity contribution in [2.24, 2.45) is 17.8 Å². The van der Waals surface area contributed by atoms with E-state index in [1.807, 2.05) is 36.4 Å². The first-order valence-electron chi connectivity index (χ1n) is 8.00. The van der Waals surface area contributed by atoms with Gasteiger partial charge in [-0.25, -0.2) is 4.79 Å². The summed E-state index contributed by atoms with van der Waals surface area (Å²) in [6, 6.07) is 9.84. The Bertz CT molecular complexity index is 476. The zero-order valence-corrected chi connectivity index (χ0v) is 13.3. The van der Waals surface area contributed by atoms with Gasteiger partial charge in [0.05, 0.1) is 0 Å². The Labute approximate surface area is 128 Å². The maximum absolute atomic E-state index is 12.1. The van der Waals surface area contributed by atoms with Gasteiger partial charge in [0.2, 0.25) is 0 Å². The van der Waals surface area contributed by atoms with E-state index < -0.39 is 0 Å². The van der Waals surface area contributed by atoms with Crippen molar-refractivity contribution in [3.05, 3.63) is 42.0 Å². The summed E-state index contributed by atoms with van der Waals surface area (Å²) in [5.74, 6) is 1.49. The molecule has 0 N–H and O–H groups in total. The topological polar surface area (TPSA) is 26.3 Å². The smallest absolute Gasteiger partial charge is 0.331 e. The standard InChI is InChI=1S/C19H26O2/c1-14(2)17-11-9-15(3)13-18(17)21-19(20)12-10-16-7-5-4-6-8-16/h4-8,10,12,14-15,17-18H,9,11,13H2,1-3H3/b12-10+/t15-,17+,18+/m0/s1. The Morgan fingerprint density at radius 1 is 1.24 bits per heavy atom. The van der Waals surface area contributed by atoms with E-state index in [1.165, 1.54) is 12.8 Å². The van der Waals surface area contributed by atoms with E-state index in [2.05, 4.69) is 20.8 Å². The second kappa shape index (κ2) is 7.44. The highest BCUT2D eigenvalue weighted by molar-refractivity contribution is 5.87. The number of hydrogen-bond donors (Lipinski definition) is 0. The first-order valence-corrected chi connectivity index (χ1v) is 8.00. The van der Waals surface area contributed by atoms with E-state index in [4.69, 9.17) is 4.74 Å². The summed E-state index contributed by atoms with van der Waals surface area (Å²) < 4.78 is 5.73. The maximum Gasteiger partial charge on any atom is 0.331 e. The first kappa shape index (κ1) is 15.8. The third kappa shape index (κ3) is 4.73. The van der Waals surface area contributed by atoms with Crippen LogP contribution in [0.4, 0.5) is 0 Å². The summed E-state index contributed by atoms with van der Waals surface area (Å²) >= 11 is 0. The minimum Gasteiger partial charge on any atom is -0.459 e. The fraction of sp³-hybridized carbons (Fsp3) is 0.526. The van der Waals surface area contributed by atoms with Gasteiger partial charge < -0.3 is 4.74 Å². The van der Waals surface area contributed by atoms with Gasteiger partial charge in [-0.3, -0.25) is 0 Å². The molecule has 2 rings (SSSR count). The molecule has 3 atom stereocenters. The van der Waals surface area contributed by atoms with Crippen molar-refractivity contribution in [3.63, 3.8) is 0 Å². The molecule has 1 fully saturated rings. The summed E-state index contributed by atoms with van der Waals surface area (Å²) in [6.45, 7) is 6.69. The molecule has 2 nitrogen and oxygen atoms in total. The van der Waals surface area contributed by atoms with Crippen LogP contribution in [0.3, 0.4) is 0 Å². The predicted molar refractivity (Wildman–Crippen MR) is 86.7 cm³/mol. The highest BCUT2D eigenvalue weighted by Crippen LogP contribution is 2.35. The Morgan fingerprint density at radius 2 is 1.95 bits per heavy atom. The molecule has 1 aromatic rings. The van der Waals surface area contributed by atoms with Crippen molar-refractivity contribution >= 4 is 12.0 Å². The minimum atomic E-state index is -0.219. The van der Waals surface area contributed by atoms with Gasteiger partial charge >= 0.3 is 5.97 Å². The summed E-state index contributed by atoms with van der Waals surface area (Å²) in [7, 11) is 0. The molecule has 114 valence electrons. The minimum absolute atomic E-state index is 0.0710. The van der Waals surface area contributed by atoms with Crippen LogP contribution in [0.1, 0.15) is 45.6 Å². The molecule has 1 aliphatic rings. The lowest BCUT2D eigenvalue weighted by Gasteiger charge is -2.36. The predicted octanol–water partition coefficient (Wildman–Crippen LogP) is 4.70. The third-order valence-electron chi connectivity index (χ3n) is 4.44. The quantitative estimate of drug-likeness (QED) is 0.592. The van der Waals surface area contributed by atoms with Gasteiger partial charge in [0.25, 0.3) is 0 Å². The number of hydrogen-bond acceptors (Lipinski definition) is 2. The Hall–Kier alpha value is -1.57. The molecule has 1 aromatic carbocycles. The van der Waals surface area contributed by atoms with Crippen LogP contribution in [-0.4, -0.2) is 12.1 Å². The van der Waals surface area contributed by atoms with Crippen molar-refractivity contribution in [3.8, 4) is 0 Å². The lowest BCUT2D eigenvalue weighted by molar-refractivity contribution is -0.149. The second-order valence-corrected chi connectivity index (χ2v) is 6.55. The zero-order chi connectivity index (χ0) is 15.2. The van der Waals surface area contributed by atoms with E-state index >= 15 is 0 Å².